The number of imide groups is 1. The predicted molar refractivity (Wildman–Crippen MR) is 98.6 cm³/mol. The molecule has 4 atom stereocenters. The van der Waals surface area contributed by atoms with E-state index < -0.39 is 0 Å². The van der Waals surface area contributed by atoms with Gasteiger partial charge in [0.25, 0.3) is 0 Å². The number of guanidine groups is 1. The summed E-state index contributed by atoms with van der Waals surface area (Å²) in [6, 6.07) is 0. The summed E-state index contributed by atoms with van der Waals surface area (Å²) >= 11 is 0. The second kappa shape index (κ2) is 6.83. The number of hydrogen-bond donors (Lipinski definition) is 2. The maximum absolute atomic E-state index is 12.7. The third-order valence-electron chi connectivity index (χ3n) is 5.89. The van der Waals surface area contributed by atoms with Crippen molar-refractivity contribution in [3.63, 3.8) is 0 Å². The highest BCUT2D eigenvalue weighted by Gasteiger charge is 2.58. The lowest BCUT2D eigenvalue weighted by atomic mass is 9.85. The Morgan fingerprint density at radius 1 is 1.22 bits per heavy atom. The van der Waals surface area contributed by atoms with Crippen LogP contribution in [-0.2, 0) is 16.1 Å². The smallest absolute Gasteiger partial charge is 0.233 e. The van der Waals surface area contributed by atoms with E-state index in [1.54, 1.807) is 7.05 Å². The van der Waals surface area contributed by atoms with Gasteiger partial charge in [-0.15, -0.1) is 0 Å². The molecule has 3 aliphatic rings. The van der Waals surface area contributed by atoms with Crippen molar-refractivity contribution in [2.75, 3.05) is 20.1 Å². The number of aromatic nitrogens is 1. The fourth-order valence-electron chi connectivity index (χ4n) is 4.47. The topological polar surface area (TPSA) is 99.8 Å². The number of carbonyl (C=O) groups excluding carboxylic acids is 2. The number of likely N-dealkylation sites (tertiary alicyclic amines) is 1. The van der Waals surface area contributed by atoms with Crippen LogP contribution in [0.3, 0.4) is 0 Å². The van der Waals surface area contributed by atoms with E-state index >= 15 is 0 Å². The van der Waals surface area contributed by atoms with Crippen LogP contribution in [0.4, 0.5) is 0 Å². The molecule has 0 radical (unpaired) electrons. The summed E-state index contributed by atoms with van der Waals surface area (Å²) in [5, 5.41) is 6.26. The van der Waals surface area contributed by atoms with Crippen molar-refractivity contribution in [1.29, 1.82) is 0 Å². The molecule has 4 unspecified atom stereocenters. The number of amides is 2. The molecule has 144 valence electrons. The number of aryl methyl sites for hydroxylation is 2. The minimum Gasteiger partial charge on any atom is -0.444 e. The van der Waals surface area contributed by atoms with Crippen molar-refractivity contribution in [1.82, 2.24) is 20.5 Å². The molecule has 1 saturated carbocycles. The minimum absolute atomic E-state index is 0.0164. The molecule has 2 aliphatic carbocycles. The summed E-state index contributed by atoms with van der Waals surface area (Å²) < 4.78 is 5.53. The summed E-state index contributed by atoms with van der Waals surface area (Å²) in [5.41, 5.74) is 0.870. The van der Waals surface area contributed by atoms with Crippen molar-refractivity contribution in [2.45, 2.75) is 26.8 Å². The summed E-state index contributed by atoms with van der Waals surface area (Å²) in [6.07, 6.45) is 5.17. The van der Waals surface area contributed by atoms with Crippen molar-refractivity contribution < 1.29 is 14.0 Å². The number of carbonyl (C=O) groups is 2. The average Bonchev–Trinajstić information content (AvgIpc) is 3.39. The molecule has 0 spiro atoms. The number of nitrogens with zero attached hydrogens (tertiary/aromatic N) is 3. The number of hydrogen-bond acceptors (Lipinski definition) is 5. The van der Waals surface area contributed by atoms with E-state index in [0.29, 0.717) is 31.5 Å². The third-order valence-corrected chi connectivity index (χ3v) is 5.89. The normalized spacial score (nSPS) is 29.0. The highest BCUT2D eigenvalue weighted by atomic mass is 16.4. The van der Waals surface area contributed by atoms with Crippen LogP contribution in [0.1, 0.15) is 23.8 Å². The Balaban J connectivity index is 1.28. The second-order valence-electron chi connectivity index (χ2n) is 7.43. The zero-order valence-corrected chi connectivity index (χ0v) is 15.9. The first-order valence-corrected chi connectivity index (χ1v) is 9.40. The number of oxazole rings is 1. The molecular weight excluding hydrogens is 346 g/mol. The van der Waals surface area contributed by atoms with Gasteiger partial charge in [-0.25, -0.2) is 4.98 Å². The maximum Gasteiger partial charge on any atom is 0.233 e. The Labute approximate surface area is 158 Å². The first-order chi connectivity index (χ1) is 13.0. The van der Waals surface area contributed by atoms with Crippen molar-refractivity contribution in [3.8, 4) is 0 Å². The molecule has 2 heterocycles. The summed E-state index contributed by atoms with van der Waals surface area (Å²) in [4.78, 5) is 35.2. The van der Waals surface area contributed by atoms with Gasteiger partial charge in [-0.3, -0.25) is 19.5 Å². The second-order valence-corrected chi connectivity index (χ2v) is 7.43. The van der Waals surface area contributed by atoms with Crippen LogP contribution in [-0.4, -0.2) is 47.8 Å². The van der Waals surface area contributed by atoms with Gasteiger partial charge in [0, 0.05) is 20.1 Å². The van der Waals surface area contributed by atoms with Crippen molar-refractivity contribution in [2.24, 2.45) is 28.7 Å². The van der Waals surface area contributed by atoms with E-state index in [1.165, 1.54) is 4.90 Å². The predicted octanol–water partition coefficient (Wildman–Crippen LogP) is 0.764. The molecule has 1 aliphatic heterocycles. The van der Waals surface area contributed by atoms with E-state index in [2.05, 4.69) is 32.8 Å². The summed E-state index contributed by atoms with van der Waals surface area (Å²) in [5.74, 6) is 2.15. The van der Waals surface area contributed by atoms with Gasteiger partial charge in [0.05, 0.1) is 24.1 Å². The molecule has 8 heteroatoms. The largest absolute Gasteiger partial charge is 0.444 e. The quantitative estimate of drug-likeness (QED) is 0.343. The fourth-order valence-corrected chi connectivity index (χ4v) is 4.47. The van der Waals surface area contributed by atoms with Crippen LogP contribution >= 0.6 is 0 Å². The zero-order valence-electron chi connectivity index (χ0n) is 15.9. The Bertz CT molecular complexity index is 778. The Kier molecular flexibility index (Phi) is 4.49. The Morgan fingerprint density at radius 2 is 1.89 bits per heavy atom. The Morgan fingerprint density at radius 3 is 2.44 bits per heavy atom. The monoisotopic (exact) mass is 371 g/mol. The van der Waals surface area contributed by atoms with E-state index in [0.717, 1.165) is 17.9 Å². The van der Waals surface area contributed by atoms with Gasteiger partial charge in [0.1, 0.15) is 5.76 Å². The zero-order chi connectivity index (χ0) is 19.1. The van der Waals surface area contributed by atoms with E-state index in [4.69, 9.17) is 4.42 Å². The van der Waals surface area contributed by atoms with Crippen LogP contribution in [0.2, 0.25) is 0 Å². The number of rotatable bonds is 5. The lowest BCUT2D eigenvalue weighted by Crippen LogP contribution is -2.43. The van der Waals surface area contributed by atoms with Crippen LogP contribution in [0, 0.1) is 37.5 Å². The minimum atomic E-state index is -0.138. The molecule has 0 aromatic carbocycles. The van der Waals surface area contributed by atoms with Crippen LogP contribution in [0.5, 0.6) is 0 Å². The molecule has 27 heavy (non-hydrogen) atoms. The SMILES string of the molecule is CN=C(NCCN1C(=O)C2C3C=CC(C3)C2C1=O)NCc1nc(C)c(C)o1. The molecule has 2 fully saturated rings. The van der Waals surface area contributed by atoms with Gasteiger partial charge in [-0.1, -0.05) is 12.2 Å². The summed E-state index contributed by atoms with van der Waals surface area (Å²) in [7, 11) is 1.67. The van der Waals surface area contributed by atoms with E-state index in [-0.39, 0.29) is 35.5 Å². The van der Waals surface area contributed by atoms with E-state index in [9.17, 15) is 9.59 Å². The van der Waals surface area contributed by atoms with Crippen molar-refractivity contribution >= 4 is 17.8 Å². The Hall–Kier alpha value is -2.64. The standard InChI is InChI=1S/C19H25N5O3/c1-10-11(2)27-14(23-10)9-22-19(20-3)21-6-7-24-17(25)15-12-4-5-13(8-12)16(15)18(24)26/h4-5,12-13,15-16H,6-9H2,1-3H3,(H2,20,21,22). The van der Waals surface area contributed by atoms with Gasteiger partial charge in [-0.05, 0) is 32.1 Å². The van der Waals surface area contributed by atoms with Crippen LogP contribution < -0.4 is 10.6 Å². The first kappa shape index (κ1) is 17.8. The fraction of sp³-hybridized carbons (Fsp3) is 0.579. The molecule has 2 amide bonds. The highest BCUT2D eigenvalue weighted by molar-refractivity contribution is 6.06. The molecule has 4 rings (SSSR count). The van der Waals surface area contributed by atoms with Gasteiger partial charge in [-0.2, -0.15) is 0 Å². The van der Waals surface area contributed by atoms with Crippen LogP contribution in [0.15, 0.2) is 21.6 Å². The molecule has 2 bridgehead atoms. The van der Waals surface area contributed by atoms with Gasteiger partial charge in [0.15, 0.2) is 5.96 Å². The lowest BCUT2D eigenvalue weighted by Gasteiger charge is -2.18. The molecule has 1 saturated heterocycles. The summed E-state index contributed by atoms with van der Waals surface area (Å²) in [6.45, 7) is 4.98. The maximum atomic E-state index is 12.7. The number of allylic oxidation sites excluding steroid dienone is 2. The third kappa shape index (κ3) is 3.02. The number of fused-ring (bicyclic) bond motifs is 5. The number of nitrogens with one attached hydrogen (secondary N) is 2. The molecule has 8 nitrogen and oxygen atoms in total. The molecule has 2 N–H and O–H groups in total. The van der Waals surface area contributed by atoms with Crippen LogP contribution in [0.25, 0.3) is 0 Å². The van der Waals surface area contributed by atoms with Crippen molar-refractivity contribution in [3.05, 3.63) is 29.5 Å². The first-order valence-electron chi connectivity index (χ1n) is 9.40. The molecular formula is C19H25N5O3. The average molecular weight is 371 g/mol. The van der Waals surface area contributed by atoms with Gasteiger partial charge >= 0.3 is 0 Å². The van der Waals surface area contributed by atoms with Gasteiger partial charge < -0.3 is 15.1 Å². The molecule has 1 aromatic rings. The van der Waals surface area contributed by atoms with Gasteiger partial charge in [0.2, 0.25) is 17.7 Å². The molecule has 1 aromatic heterocycles. The van der Waals surface area contributed by atoms with E-state index in [1.807, 2.05) is 13.8 Å². The number of aliphatic imine (C=N–C) groups is 1. The highest BCUT2D eigenvalue weighted by Crippen LogP contribution is 2.52. The lowest BCUT2D eigenvalue weighted by molar-refractivity contribution is -0.140.